The summed E-state index contributed by atoms with van der Waals surface area (Å²) < 4.78 is 10.5. The number of rotatable bonds is 1. The summed E-state index contributed by atoms with van der Waals surface area (Å²) in [5.41, 5.74) is 1.02. The van der Waals surface area contributed by atoms with Gasteiger partial charge in [-0.25, -0.2) is 0 Å². The van der Waals surface area contributed by atoms with Gasteiger partial charge in [0.2, 0.25) is 0 Å². The van der Waals surface area contributed by atoms with Gasteiger partial charge in [0.15, 0.2) is 0 Å². The summed E-state index contributed by atoms with van der Waals surface area (Å²) in [5, 5.41) is 0. The molecule has 1 atom stereocenters. The summed E-state index contributed by atoms with van der Waals surface area (Å²) in [7, 11) is 0. The van der Waals surface area contributed by atoms with Crippen LogP contribution < -0.4 is 0 Å². The minimum absolute atomic E-state index is 0.0775. The molecule has 1 aromatic rings. The quantitative estimate of drug-likeness (QED) is 0.590. The van der Waals surface area contributed by atoms with Crippen LogP contribution in [0.3, 0.4) is 0 Å². The van der Waals surface area contributed by atoms with Crippen molar-refractivity contribution in [3.05, 3.63) is 24.2 Å². The van der Waals surface area contributed by atoms with E-state index >= 15 is 0 Å². The fraction of sp³-hybridized carbons (Fsp3) is 0.400. The van der Waals surface area contributed by atoms with Crippen LogP contribution in [0.4, 0.5) is 0 Å². The van der Waals surface area contributed by atoms with E-state index in [4.69, 9.17) is 9.15 Å². The van der Waals surface area contributed by atoms with Gasteiger partial charge < -0.3 is 9.15 Å². The van der Waals surface area contributed by atoms with E-state index in [1.807, 2.05) is 6.07 Å². The van der Waals surface area contributed by atoms with E-state index in [0.29, 0.717) is 0 Å². The molecule has 2 heterocycles. The van der Waals surface area contributed by atoms with E-state index in [1.54, 1.807) is 12.5 Å². The van der Waals surface area contributed by atoms with E-state index < -0.39 is 0 Å². The second kappa shape index (κ2) is 3.46. The Bertz CT molecular complexity index is 289. The molecule has 0 aromatic carbocycles. The number of ether oxygens (including phenoxy) is 1. The maximum absolute atomic E-state index is 5.51. The maximum atomic E-state index is 5.51. The van der Waals surface area contributed by atoms with Gasteiger partial charge in [0.25, 0.3) is 0 Å². The van der Waals surface area contributed by atoms with Gasteiger partial charge in [-0.05, 0) is 12.5 Å². The van der Waals surface area contributed by atoms with Crippen LogP contribution in [0.1, 0.15) is 24.5 Å². The highest BCUT2D eigenvalue weighted by Gasteiger charge is 2.10. The molecule has 0 saturated carbocycles. The Kier molecular flexibility index (Phi) is 2.15. The maximum Gasteiger partial charge on any atom is 0.146 e. The van der Waals surface area contributed by atoms with E-state index in [2.05, 4.69) is 11.8 Å². The van der Waals surface area contributed by atoms with Crippen LogP contribution >= 0.6 is 0 Å². The topological polar surface area (TPSA) is 22.4 Å². The Labute approximate surface area is 71.5 Å². The van der Waals surface area contributed by atoms with Gasteiger partial charge in [-0.15, -0.1) is 5.92 Å². The van der Waals surface area contributed by atoms with Gasteiger partial charge in [0.1, 0.15) is 6.10 Å². The lowest BCUT2D eigenvalue weighted by atomic mass is 10.2. The summed E-state index contributed by atoms with van der Waals surface area (Å²) in [5.74, 6) is 6.12. The SMILES string of the molecule is C1#C[C@@H](c2ccoc2)OCCC1. The van der Waals surface area contributed by atoms with Crippen LogP contribution in [0.2, 0.25) is 0 Å². The minimum Gasteiger partial charge on any atom is -0.472 e. The van der Waals surface area contributed by atoms with Crippen molar-refractivity contribution in [2.24, 2.45) is 0 Å². The summed E-state index contributed by atoms with van der Waals surface area (Å²) >= 11 is 0. The predicted molar refractivity (Wildman–Crippen MR) is 44.4 cm³/mol. The first-order chi connectivity index (χ1) is 5.97. The Balaban J connectivity index is 2.15. The zero-order valence-electron chi connectivity index (χ0n) is 6.75. The molecule has 2 heteroatoms. The molecule has 2 nitrogen and oxygen atoms in total. The van der Waals surface area contributed by atoms with Gasteiger partial charge in [0.05, 0.1) is 12.5 Å². The van der Waals surface area contributed by atoms with Crippen molar-refractivity contribution >= 4 is 0 Å². The molecule has 0 aliphatic carbocycles. The highest BCUT2D eigenvalue weighted by Crippen LogP contribution is 2.18. The molecule has 62 valence electrons. The summed E-state index contributed by atoms with van der Waals surface area (Å²) in [6, 6.07) is 1.89. The second-order valence-electron chi connectivity index (χ2n) is 2.73. The molecular formula is C10H10O2. The highest BCUT2D eigenvalue weighted by atomic mass is 16.5. The smallest absolute Gasteiger partial charge is 0.146 e. The summed E-state index contributed by atoms with van der Waals surface area (Å²) in [4.78, 5) is 0. The van der Waals surface area contributed by atoms with Crippen LogP contribution in [-0.2, 0) is 4.74 Å². The fourth-order valence-corrected chi connectivity index (χ4v) is 1.17. The predicted octanol–water partition coefficient (Wildman–Crippen LogP) is 2.13. The molecule has 0 N–H and O–H groups in total. The van der Waals surface area contributed by atoms with Gasteiger partial charge in [-0.2, -0.15) is 0 Å². The Hall–Kier alpha value is -1.20. The zero-order chi connectivity index (χ0) is 8.23. The van der Waals surface area contributed by atoms with Crippen molar-refractivity contribution in [1.29, 1.82) is 0 Å². The minimum atomic E-state index is -0.0775. The normalized spacial score (nSPS) is 22.5. The van der Waals surface area contributed by atoms with Crippen LogP contribution in [-0.4, -0.2) is 6.61 Å². The van der Waals surface area contributed by atoms with Gasteiger partial charge in [-0.1, -0.05) is 5.92 Å². The van der Waals surface area contributed by atoms with Crippen LogP contribution in [0.25, 0.3) is 0 Å². The molecule has 1 aliphatic rings. The molecule has 1 aromatic heterocycles. The summed E-state index contributed by atoms with van der Waals surface area (Å²) in [6.07, 6.45) is 5.22. The molecule has 0 bridgehead atoms. The number of hydrogen-bond acceptors (Lipinski definition) is 2. The Morgan fingerprint density at radius 3 is 3.33 bits per heavy atom. The lowest BCUT2D eigenvalue weighted by Gasteiger charge is -2.06. The van der Waals surface area contributed by atoms with Crippen molar-refractivity contribution in [2.75, 3.05) is 6.61 Å². The van der Waals surface area contributed by atoms with E-state index in [9.17, 15) is 0 Å². The lowest BCUT2D eigenvalue weighted by Crippen LogP contribution is -2.00. The zero-order valence-corrected chi connectivity index (χ0v) is 6.75. The first kappa shape index (κ1) is 7.45. The molecule has 0 saturated heterocycles. The Morgan fingerprint density at radius 2 is 2.50 bits per heavy atom. The third kappa shape index (κ3) is 1.51. The van der Waals surface area contributed by atoms with E-state index in [0.717, 1.165) is 25.0 Å². The van der Waals surface area contributed by atoms with Crippen LogP contribution in [0.5, 0.6) is 0 Å². The molecule has 2 rings (SSSR count). The third-order valence-corrected chi connectivity index (χ3v) is 1.81. The largest absolute Gasteiger partial charge is 0.472 e. The molecule has 1 aliphatic heterocycles. The van der Waals surface area contributed by atoms with E-state index in [-0.39, 0.29) is 6.10 Å². The monoisotopic (exact) mass is 162 g/mol. The van der Waals surface area contributed by atoms with Crippen molar-refractivity contribution in [2.45, 2.75) is 18.9 Å². The molecule has 0 fully saturated rings. The first-order valence-corrected chi connectivity index (χ1v) is 4.09. The standard InChI is InChI=1S/C10H10O2/c1-2-4-10(12-6-3-1)9-5-7-11-8-9/h5,7-8,10H,1,3,6H2/t10-/m0/s1. The second-order valence-corrected chi connectivity index (χ2v) is 2.73. The van der Waals surface area contributed by atoms with Crippen molar-refractivity contribution < 1.29 is 9.15 Å². The van der Waals surface area contributed by atoms with Crippen molar-refractivity contribution in [3.63, 3.8) is 0 Å². The number of hydrogen-bond donors (Lipinski definition) is 0. The first-order valence-electron chi connectivity index (χ1n) is 4.09. The van der Waals surface area contributed by atoms with Gasteiger partial charge in [0, 0.05) is 18.6 Å². The highest BCUT2D eigenvalue weighted by molar-refractivity contribution is 5.21. The van der Waals surface area contributed by atoms with Crippen molar-refractivity contribution in [1.82, 2.24) is 0 Å². The van der Waals surface area contributed by atoms with Gasteiger partial charge >= 0.3 is 0 Å². The lowest BCUT2D eigenvalue weighted by molar-refractivity contribution is 0.0929. The molecule has 0 amide bonds. The molecule has 0 unspecified atom stereocenters. The van der Waals surface area contributed by atoms with Crippen LogP contribution in [0.15, 0.2) is 23.0 Å². The molecule has 12 heavy (non-hydrogen) atoms. The summed E-state index contributed by atoms with van der Waals surface area (Å²) in [6.45, 7) is 0.774. The molecule has 0 radical (unpaired) electrons. The molecule has 0 spiro atoms. The molecular weight excluding hydrogens is 152 g/mol. The van der Waals surface area contributed by atoms with E-state index in [1.165, 1.54) is 0 Å². The van der Waals surface area contributed by atoms with Crippen molar-refractivity contribution in [3.8, 4) is 11.8 Å². The third-order valence-electron chi connectivity index (χ3n) is 1.81. The number of furan rings is 1. The average Bonchev–Trinajstić information content (AvgIpc) is 2.48. The Morgan fingerprint density at radius 1 is 1.50 bits per heavy atom. The van der Waals surface area contributed by atoms with Crippen LogP contribution in [0, 0.1) is 11.8 Å². The van der Waals surface area contributed by atoms with Gasteiger partial charge in [-0.3, -0.25) is 0 Å². The average molecular weight is 162 g/mol. The fourth-order valence-electron chi connectivity index (χ4n) is 1.17.